The topological polar surface area (TPSA) is 61.4 Å². The van der Waals surface area contributed by atoms with E-state index in [1.54, 1.807) is 12.1 Å². The molecule has 0 aliphatic carbocycles. The molecule has 2 aromatic carbocycles. The molecule has 0 radical (unpaired) electrons. The van der Waals surface area contributed by atoms with Gasteiger partial charge in [0.25, 0.3) is 0 Å². The summed E-state index contributed by atoms with van der Waals surface area (Å²) in [7, 11) is 0. The number of nitrogens with one attached hydrogen (secondary N) is 2. The highest BCUT2D eigenvalue weighted by molar-refractivity contribution is 5.87. The minimum absolute atomic E-state index is 0.331. The van der Waals surface area contributed by atoms with Gasteiger partial charge in [0.1, 0.15) is 0 Å². The highest BCUT2D eigenvalue weighted by Gasteiger charge is 2.01. The quantitative estimate of drug-likeness (QED) is 0.311. The lowest BCUT2D eigenvalue weighted by Crippen LogP contribution is -2.02. The van der Waals surface area contributed by atoms with E-state index < -0.39 is 5.97 Å². The van der Waals surface area contributed by atoms with Gasteiger partial charge >= 0.3 is 5.97 Å². The third kappa shape index (κ3) is 9.45. The molecule has 152 valence electrons. The summed E-state index contributed by atoms with van der Waals surface area (Å²) in [5.74, 6) is -0.879. The molecule has 0 aliphatic rings. The predicted molar refractivity (Wildman–Crippen MR) is 118 cm³/mol. The SMILES string of the molecule is O=C(O)c1ccc(NCCCCCCCCCCCNc2ccccc2)cc1. The molecule has 4 heteroatoms. The minimum Gasteiger partial charge on any atom is -0.478 e. The van der Waals surface area contributed by atoms with Gasteiger partial charge in [-0.15, -0.1) is 0 Å². The van der Waals surface area contributed by atoms with E-state index in [1.807, 2.05) is 18.2 Å². The number of hydrogen-bond acceptors (Lipinski definition) is 3. The number of aromatic carboxylic acids is 1. The standard InChI is InChI=1S/C24H34N2O2/c27-24(28)21-15-17-23(18-16-21)26-20-12-7-5-3-1-2-4-6-11-19-25-22-13-9-8-10-14-22/h8-10,13-18,25-26H,1-7,11-12,19-20H2,(H,27,28). The van der Waals surface area contributed by atoms with Gasteiger partial charge in [-0.05, 0) is 49.2 Å². The Labute approximate surface area is 169 Å². The van der Waals surface area contributed by atoms with Crippen LogP contribution in [0.15, 0.2) is 54.6 Å². The van der Waals surface area contributed by atoms with Gasteiger partial charge in [0.15, 0.2) is 0 Å². The maximum absolute atomic E-state index is 10.8. The molecule has 28 heavy (non-hydrogen) atoms. The van der Waals surface area contributed by atoms with Crippen molar-refractivity contribution in [1.29, 1.82) is 0 Å². The number of carboxylic acids is 1. The van der Waals surface area contributed by atoms with Gasteiger partial charge in [-0.2, -0.15) is 0 Å². The molecular formula is C24H34N2O2. The molecule has 0 amide bonds. The predicted octanol–water partition coefficient (Wildman–Crippen LogP) is 6.42. The molecule has 0 heterocycles. The molecule has 0 aromatic heterocycles. The van der Waals surface area contributed by atoms with Gasteiger partial charge in [0, 0.05) is 24.5 Å². The number of carboxylic acid groups (broad SMARTS) is 1. The largest absolute Gasteiger partial charge is 0.478 e. The van der Waals surface area contributed by atoms with Gasteiger partial charge < -0.3 is 15.7 Å². The Kier molecular flexibility index (Phi) is 10.6. The molecule has 0 aliphatic heterocycles. The first-order chi connectivity index (χ1) is 13.8. The smallest absolute Gasteiger partial charge is 0.335 e. The van der Waals surface area contributed by atoms with Gasteiger partial charge in [-0.1, -0.05) is 63.1 Å². The number of para-hydroxylation sites is 1. The maximum atomic E-state index is 10.8. The zero-order chi connectivity index (χ0) is 19.9. The lowest BCUT2D eigenvalue weighted by molar-refractivity contribution is 0.0697. The second-order valence-electron chi connectivity index (χ2n) is 7.28. The second-order valence-corrected chi connectivity index (χ2v) is 7.28. The summed E-state index contributed by atoms with van der Waals surface area (Å²) in [6.45, 7) is 2.01. The van der Waals surface area contributed by atoms with E-state index in [2.05, 4.69) is 34.9 Å². The van der Waals surface area contributed by atoms with Gasteiger partial charge in [-0.3, -0.25) is 0 Å². The van der Waals surface area contributed by atoms with Crippen molar-refractivity contribution in [3.8, 4) is 0 Å². The molecule has 0 fully saturated rings. The molecule has 0 atom stereocenters. The summed E-state index contributed by atoms with van der Waals surface area (Å²) in [6.07, 6.45) is 11.6. The van der Waals surface area contributed by atoms with E-state index >= 15 is 0 Å². The Morgan fingerprint density at radius 3 is 1.50 bits per heavy atom. The van der Waals surface area contributed by atoms with Crippen LogP contribution in [0.2, 0.25) is 0 Å². The van der Waals surface area contributed by atoms with Crippen LogP contribution in [0.3, 0.4) is 0 Å². The van der Waals surface area contributed by atoms with Gasteiger partial charge in [0.2, 0.25) is 0 Å². The summed E-state index contributed by atoms with van der Waals surface area (Å²) < 4.78 is 0. The number of unbranched alkanes of at least 4 members (excludes halogenated alkanes) is 8. The third-order valence-electron chi connectivity index (χ3n) is 4.92. The van der Waals surface area contributed by atoms with Crippen LogP contribution in [0.5, 0.6) is 0 Å². The maximum Gasteiger partial charge on any atom is 0.335 e. The number of benzene rings is 2. The monoisotopic (exact) mass is 382 g/mol. The lowest BCUT2D eigenvalue weighted by Gasteiger charge is -2.07. The summed E-state index contributed by atoms with van der Waals surface area (Å²) in [4.78, 5) is 10.8. The number of carbonyl (C=O) groups is 1. The molecule has 2 aromatic rings. The van der Waals surface area contributed by atoms with Crippen LogP contribution in [0.4, 0.5) is 11.4 Å². The van der Waals surface area contributed by atoms with Crippen LogP contribution in [-0.2, 0) is 0 Å². The van der Waals surface area contributed by atoms with Crippen molar-refractivity contribution in [2.45, 2.75) is 57.8 Å². The van der Waals surface area contributed by atoms with Crippen LogP contribution in [0, 0.1) is 0 Å². The van der Waals surface area contributed by atoms with Crippen molar-refractivity contribution >= 4 is 17.3 Å². The number of anilines is 2. The van der Waals surface area contributed by atoms with Crippen LogP contribution < -0.4 is 10.6 Å². The fourth-order valence-corrected chi connectivity index (χ4v) is 3.24. The first-order valence-electron chi connectivity index (χ1n) is 10.6. The Morgan fingerprint density at radius 2 is 1.04 bits per heavy atom. The summed E-state index contributed by atoms with van der Waals surface area (Å²) in [5, 5.41) is 15.7. The van der Waals surface area contributed by atoms with E-state index in [1.165, 1.54) is 57.1 Å². The van der Waals surface area contributed by atoms with E-state index in [-0.39, 0.29) is 0 Å². The molecule has 2 rings (SSSR count). The fraction of sp³-hybridized carbons (Fsp3) is 0.458. The van der Waals surface area contributed by atoms with Crippen molar-refractivity contribution in [1.82, 2.24) is 0 Å². The van der Waals surface area contributed by atoms with Crippen molar-refractivity contribution in [2.75, 3.05) is 23.7 Å². The molecule has 4 nitrogen and oxygen atoms in total. The normalized spacial score (nSPS) is 10.6. The van der Waals surface area contributed by atoms with Crippen molar-refractivity contribution in [2.24, 2.45) is 0 Å². The molecule has 0 saturated heterocycles. The highest BCUT2D eigenvalue weighted by Crippen LogP contribution is 2.12. The second kappa shape index (κ2) is 13.6. The lowest BCUT2D eigenvalue weighted by atomic mass is 10.1. The Morgan fingerprint density at radius 1 is 0.607 bits per heavy atom. The molecular weight excluding hydrogens is 348 g/mol. The average Bonchev–Trinajstić information content (AvgIpc) is 2.72. The molecule has 0 unspecified atom stereocenters. The van der Waals surface area contributed by atoms with E-state index in [0.29, 0.717) is 5.56 Å². The number of rotatable bonds is 15. The Hall–Kier alpha value is -2.49. The molecule has 0 bridgehead atoms. The van der Waals surface area contributed by atoms with Crippen molar-refractivity contribution < 1.29 is 9.90 Å². The van der Waals surface area contributed by atoms with E-state index in [9.17, 15) is 4.79 Å². The average molecular weight is 383 g/mol. The van der Waals surface area contributed by atoms with E-state index in [4.69, 9.17) is 5.11 Å². The molecule has 3 N–H and O–H groups in total. The first-order valence-corrected chi connectivity index (χ1v) is 10.6. The van der Waals surface area contributed by atoms with Crippen LogP contribution in [0.25, 0.3) is 0 Å². The summed E-state index contributed by atoms with van der Waals surface area (Å²) >= 11 is 0. The fourth-order valence-electron chi connectivity index (χ4n) is 3.24. The van der Waals surface area contributed by atoms with Crippen molar-refractivity contribution in [3.05, 3.63) is 60.2 Å². The Bertz CT molecular complexity index is 656. The Balaban J connectivity index is 1.34. The first kappa shape index (κ1) is 21.8. The zero-order valence-electron chi connectivity index (χ0n) is 16.8. The van der Waals surface area contributed by atoms with Crippen molar-refractivity contribution in [3.63, 3.8) is 0 Å². The molecule has 0 saturated carbocycles. The highest BCUT2D eigenvalue weighted by atomic mass is 16.4. The summed E-state index contributed by atoms with van der Waals surface area (Å²) in [6, 6.07) is 17.4. The van der Waals surface area contributed by atoms with E-state index in [0.717, 1.165) is 25.2 Å². The van der Waals surface area contributed by atoms with Gasteiger partial charge in [0.05, 0.1) is 5.56 Å². The van der Waals surface area contributed by atoms with Crippen LogP contribution in [0.1, 0.15) is 68.1 Å². The third-order valence-corrected chi connectivity index (χ3v) is 4.92. The van der Waals surface area contributed by atoms with Gasteiger partial charge in [-0.25, -0.2) is 4.79 Å². The zero-order valence-corrected chi connectivity index (χ0v) is 16.8. The van der Waals surface area contributed by atoms with Crippen LogP contribution >= 0.6 is 0 Å². The minimum atomic E-state index is -0.879. The molecule has 0 spiro atoms. The van der Waals surface area contributed by atoms with Crippen LogP contribution in [-0.4, -0.2) is 24.2 Å². The number of hydrogen-bond donors (Lipinski definition) is 3. The summed E-state index contributed by atoms with van der Waals surface area (Å²) in [5.41, 5.74) is 2.54.